The molecule has 0 aliphatic carbocycles. The van der Waals surface area contributed by atoms with Crippen LogP contribution in [0.2, 0.25) is 0 Å². The SMILES string of the molecule is CC(C)S(=O)(=O)c1ccc(C(=O)N2CCN(CCS(C)(=O)=O)CC2)cc1. The molecule has 0 atom stereocenters. The molecular weight excluding hydrogens is 376 g/mol. The largest absolute Gasteiger partial charge is 0.336 e. The first-order chi connectivity index (χ1) is 12.0. The van der Waals surface area contributed by atoms with E-state index in [1.807, 2.05) is 4.90 Å². The molecule has 146 valence electrons. The summed E-state index contributed by atoms with van der Waals surface area (Å²) in [6.45, 7) is 6.02. The quantitative estimate of drug-likeness (QED) is 0.695. The third-order valence-electron chi connectivity index (χ3n) is 4.49. The third-order valence-corrected chi connectivity index (χ3v) is 7.58. The number of hydrogen-bond acceptors (Lipinski definition) is 6. The number of carbonyl (C=O) groups excluding carboxylic acids is 1. The van der Waals surface area contributed by atoms with Gasteiger partial charge in [-0.05, 0) is 38.1 Å². The van der Waals surface area contributed by atoms with E-state index in [9.17, 15) is 21.6 Å². The van der Waals surface area contributed by atoms with Gasteiger partial charge in [-0.15, -0.1) is 0 Å². The lowest BCUT2D eigenvalue weighted by Crippen LogP contribution is -2.49. The second-order valence-electron chi connectivity index (χ2n) is 6.88. The Labute approximate surface area is 155 Å². The molecule has 1 aromatic rings. The van der Waals surface area contributed by atoms with Crippen LogP contribution in [0.15, 0.2) is 29.2 Å². The molecule has 26 heavy (non-hydrogen) atoms. The predicted molar refractivity (Wildman–Crippen MR) is 101 cm³/mol. The Morgan fingerprint density at radius 3 is 2.00 bits per heavy atom. The highest BCUT2D eigenvalue weighted by Crippen LogP contribution is 2.17. The van der Waals surface area contributed by atoms with Crippen molar-refractivity contribution < 1.29 is 21.6 Å². The van der Waals surface area contributed by atoms with Crippen LogP contribution in [0, 0.1) is 0 Å². The number of carbonyl (C=O) groups is 1. The van der Waals surface area contributed by atoms with Crippen LogP contribution in [0.4, 0.5) is 0 Å². The highest BCUT2D eigenvalue weighted by molar-refractivity contribution is 7.92. The molecule has 0 aromatic heterocycles. The number of rotatable bonds is 6. The molecule has 0 radical (unpaired) electrons. The van der Waals surface area contributed by atoms with E-state index in [-0.39, 0.29) is 16.6 Å². The predicted octanol–water partition coefficient (Wildman–Crippen LogP) is 0.671. The minimum Gasteiger partial charge on any atom is -0.336 e. The number of nitrogens with zero attached hydrogens (tertiary/aromatic N) is 2. The molecule has 1 aromatic carbocycles. The van der Waals surface area contributed by atoms with Crippen LogP contribution < -0.4 is 0 Å². The van der Waals surface area contributed by atoms with Crippen LogP contribution in [0.1, 0.15) is 24.2 Å². The Bertz CT molecular complexity index is 838. The van der Waals surface area contributed by atoms with E-state index in [0.29, 0.717) is 38.3 Å². The van der Waals surface area contributed by atoms with Crippen molar-refractivity contribution >= 4 is 25.6 Å². The molecule has 1 saturated heterocycles. The zero-order chi connectivity index (χ0) is 19.5. The second kappa shape index (κ2) is 8.06. The summed E-state index contributed by atoms with van der Waals surface area (Å²) in [4.78, 5) is 16.5. The Hall–Kier alpha value is -1.45. The monoisotopic (exact) mass is 402 g/mol. The summed E-state index contributed by atoms with van der Waals surface area (Å²) in [5.74, 6) is -0.0199. The number of amides is 1. The van der Waals surface area contributed by atoms with Crippen LogP contribution in [-0.4, -0.2) is 82.5 Å². The van der Waals surface area contributed by atoms with Gasteiger partial charge in [0.15, 0.2) is 9.84 Å². The molecule has 0 bridgehead atoms. The molecule has 0 N–H and O–H groups in total. The summed E-state index contributed by atoms with van der Waals surface area (Å²) in [5, 5.41) is -0.510. The van der Waals surface area contributed by atoms with Crippen molar-refractivity contribution in [1.82, 2.24) is 9.80 Å². The van der Waals surface area contributed by atoms with Gasteiger partial charge in [0.2, 0.25) is 0 Å². The number of hydrogen-bond donors (Lipinski definition) is 0. The van der Waals surface area contributed by atoms with Crippen LogP contribution in [0.3, 0.4) is 0 Å². The fourth-order valence-corrected chi connectivity index (χ4v) is 4.36. The standard InChI is InChI=1S/C17H26N2O5S2/c1-14(2)26(23,24)16-6-4-15(5-7-16)17(20)19-10-8-18(9-11-19)12-13-25(3,21)22/h4-7,14H,8-13H2,1-3H3. The summed E-state index contributed by atoms with van der Waals surface area (Å²) in [5.41, 5.74) is 0.456. The van der Waals surface area contributed by atoms with E-state index in [1.54, 1.807) is 30.9 Å². The van der Waals surface area contributed by atoms with Crippen LogP contribution in [-0.2, 0) is 19.7 Å². The van der Waals surface area contributed by atoms with Crippen LogP contribution in [0.25, 0.3) is 0 Å². The van der Waals surface area contributed by atoms with Crippen molar-refractivity contribution in [3.63, 3.8) is 0 Å². The molecule has 0 spiro atoms. The molecule has 7 nitrogen and oxygen atoms in total. The molecule has 2 rings (SSSR count). The molecular formula is C17H26N2O5S2. The van der Waals surface area contributed by atoms with Crippen LogP contribution >= 0.6 is 0 Å². The van der Waals surface area contributed by atoms with E-state index >= 15 is 0 Å². The number of sulfone groups is 2. The Morgan fingerprint density at radius 2 is 1.54 bits per heavy atom. The summed E-state index contributed by atoms with van der Waals surface area (Å²) in [6, 6.07) is 6.05. The fraction of sp³-hybridized carbons (Fsp3) is 0.588. The molecule has 0 unspecified atom stereocenters. The highest BCUT2D eigenvalue weighted by atomic mass is 32.2. The van der Waals surface area contributed by atoms with E-state index in [2.05, 4.69) is 0 Å². The van der Waals surface area contributed by atoms with E-state index in [4.69, 9.17) is 0 Å². The first-order valence-electron chi connectivity index (χ1n) is 8.54. The summed E-state index contributed by atoms with van der Waals surface area (Å²) < 4.78 is 46.8. The fourth-order valence-electron chi connectivity index (χ4n) is 2.71. The molecule has 1 heterocycles. The second-order valence-corrected chi connectivity index (χ2v) is 11.6. The van der Waals surface area contributed by atoms with Gasteiger partial charge in [0, 0.05) is 44.5 Å². The zero-order valence-corrected chi connectivity index (χ0v) is 17.0. The molecule has 1 fully saturated rings. The first kappa shape index (κ1) is 20.9. The summed E-state index contributed by atoms with van der Waals surface area (Å²) in [6.07, 6.45) is 1.22. The van der Waals surface area contributed by atoms with E-state index in [0.717, 1.165) is 0 Å². The summed E-state index contributed by atoms with van der Waals surface area (Å²) in [7, 11) is -6.34. The van der Waals surface area contributed by atoms with Gasteiger partial charge in [-0.3, -0.25) is 9.69 Å². The normalized spacial score (nSPS) is 16.8. The smallest absolute Gasteiger partial charge is 0.253 e. The molecule has 1 amide bonds. The lowest BCUT2D eigenvalue weighted by atomic mass is 10.2. The maximum absolute atomic E-state index is 12.6. The van der Waals surface area contributed by atoms with Crippen molar-refractivity contribution in [2.45, 2.75) is 24.0 Å². The van der Waals surface area contributed by atoms with Gasteiger partial charge in [-0.25, -0.2) is 16.8 Å². The van der Waals surface area contributed by atoms with Gasteiger partial charge in [-0.1, -0.05) is 0 Å². The van der Waals surface area contributed by atoms with Gasteiger partial charge in [0.05, 0.1) is 15.9 Å². The molecule has 1 aliphatic rings. The number of piperazine rings is 1. The van der Waals surface area contributed by atoms with Gasteiger partial charge in [0.1, 0.15) is 9.84 Å². The Kier molecular flexibility index (Phi) is 6.46. The molecule has 1 aliphatic heterocycles. The van der Waals surface area contributed by atoms with E-state index < -0.39 is 24.9 Å². The maximum atomic E-state index is 12.6. The van der Waals surface area contributed by atoms with Crippen molar-refractivity contribution in [3.8, 4) is 0 Å². The van der Waals surface area contributed by atoms with Gasteiger partial charge in [0.25, 0.3) is 5.91 Å². The minimum atomic E-state index is -3.35. The van der Waals surface area contributed by atoms with Gasteiger partial charge >= 0.3 is 0 Å². The Balaban J connectivity index is 1.96. The maximum Gasteiger partial charge on any atom is 0.253 e. The van der Waals surface area contributed by atoms with Gasteiger partial charge < -0.3 is 4.90 Å². The minimum absolute atomic E-state index is 0.118. The third kappa shape index (κ3) is 5.28. The summed E-state index contributed by atoms with van der Waals surface area (Å²) >= 11 is 0. The van der Waals surface area contributed by atoms with Crippen molar-refractivity contribution in [3.05, 3.63) is 29.8 Å². The van der Waals surface area contributed by atoms with Gasteiger partial charge in [-0.2, -0.15) is 0 Å². The molecule has 0 saturated carbocycles. The molecule has 9 heteroatoms. The van der Waals surface area contributed by atoms with Crippen molar-refractivity contribution in [1.29, 1.82) is 0 Å². The first-order valence-corrected chi connectivity index (χ1v) is 12.1. The highest BCUT2D eigenvalue weighted by Gasteiger charge is 2.24. The lowest BCUT2D eigenvalue weighted by molar-refractivity contribution is 0.0644. The number of benzene rings is 1. The van der Waals surface area contributed by atoms with Crippen molar-refractivity contribution in [2.24, 2.45) is 0 Å². The zero-order valence-electron chi connectivity index (χ0n) is 15.4. The van der Waals surface area contributed by atoms with Crippen LogP contribution in [0.5, 0.6) is 0 Å². The lowest BCUT2D eigenvalue weighted by Gasteiger charge is -2.34. The average Bonchev–Trinajstić information content (AvgIpc) is 2.59. The topological polar surface area (TPSA) is 91.8 Å². The average molecular weight is 403 g/mol. The Morgan fingerprint density at radius 1 is 1.00 bits per heavy atom. The van der Waals surface area contributed by atoms with E-state index in [1.165, 1.54) is 18.4 Å². The van der Waals surface area contributed by atoms with Crippen molar-refractivity contribution in [2.75, 3.05) is 44.7 Å².